The smallest absolute Gasteiger partial charge is 0.228 e. The molecule has 0 spiro atoms. The molecule has 0 saturated heterocycles. The summed E-state index contributed by atoms with van der Waals surface area (Å²) in [7, 11) is 3.87. The first-order valence-electron chi connectivity index (χ1n) is 9.49. The second-order valence-corrected chi connectivity index (χ2v) is 7.70. The van der Waals surface area contributed by atoms with Gasteiger partial charge in [0.15, 0.2) is 5.82 Å². The maximum atomic E-state index is 6.19. The molecule has 0 aliphatic heterocycles. The lowest BCUT2D eigenvalue weighted by Gasteiger charge is -2.16. The zero-order chi connectivity index (χ0) is 20.0. The van der Waals surface area contributed by atoms with Crippen LogP contribution in [0.4, 0.5) is 11.8 Å². The Morgan fingerprint density at radius 3 is 2.83 bits per heavy atom. The Hall–Kier alpha value is -3.19. The minimum absolute atomic E-state index is 0.535. The molecule has 3 heterocycles. The second-order valence-electron chi connectivity index (χ2n) is 7.27. The summed E-state index contributed by atoms with van der Waals surface area (Å²) < 4.78 is 3.71. The Balaban J connectivity index is 1.56. The maximum absolute atomic E-state index is 6.19. The number of hydrogen-bond donors (Lipinski definition) is 1. The van der Waals surface area contributed by atoms with Gasteiger partial charge in [-0.3, -0.25) is 9.36 Å². The molecule has 1 aromatic carbocycles. The molecule has 4 aromatic rings. The molecular formula is C21H20ClN7. The number of halogens is 1. The van der Waals surface area contributed by atoms with Crippen molar-refractivity contribution in [1.29, 1.82) is 0 Å². The molecule has 0 unspecified atom stereocenters. The predicted molar refractivity (Wildman–Crippen MR) is 112 cm³/mol. The van der Waals surface area contributed by atoms with E-state index in [1.165, 1.54) is 0 Å². The summed E-state index contributed by atoms with van der Waals surface area (Å²) >= 11 is 6.19. The number of anilines is 2. The monoisotopic (exact) mass is 405 g/mol. The van der Waals surface area contributed by atoms with Gasteiger partial charge in [-0.1, -0.05) is 23.7 Å². The minimum Gasteiger partial charge on any atom is -0.307 e. The zero-order valence-electron chi connectivity index (χ0n) is 16.2. The van der Waals surface area contributed by atoms with Crippen molar-refractivity contribution < 1.29 is 0 Å². The third kappa shape index (κ3) is 3.38. The van der Waals surface area contributed by atoms with Gasteiger partial charge in [-0.2, -0.15) is 10.2 Å². The van der Waals surface area contributed by atoms with Crippen molar-refractivity contribution in [3.05, 3.63) is 70.3 Å². The maximum Gasteiger partial charge on any atom is 0.228 e. The lowest BCUT2D eigenvalue weighted by atomic mass is 9.91. The molecule has 3 aromatic heterocycles. The van der Waals surface area contributed by atoms with Crippen molar-refractivity contribution in [3.8, 4) is 11.3 Å². The Bertz CT molecular complexity index is 1210. The first-order valence-corrected chi connectivity index (χ1v) is 9.87. The van der Waals surface area contributed by atoms with Gasteiger partial charge in [0.2, 0.25) is 5.95 Å². The summed E-state index contributed by atoms with van der Waals surface area (Å²) in [4.78, 5) is 9.33. The van der Waals surface area contributed by atoms with Gasteiger partial charge < -0.3 is 5.32 Å². The van der Waals surface area contributed by atoms with Crippen molar-refractivity contribution >= 4 is 23.4 Å². The standard InChI is InChI=1S/C21H20ClN7/c1-28-9-8-18(27-28)24-21-23-12-14-6-7-16-19(20(14)25-21)17(29(2)26-16)11-13-4-3-5-15(22)10-13/h3-5,8-10,12H,6-7,11H2,1-2H3,(H,23,24,25,27). The lowest BCUT2D eigenvalue weighted by molar-refractivity contribution is 0.705. The summed E-state index contributed by atoms with van der Waals surface area (Å²) in [5.74, 6) is 1.25. The highest BCUT2D eigenvalue weighted by Gasteiger charge is 2.26. The fourth-order valence-electron chi connectivity index (χ4n) is 3.83. The van der Waals surface area contributed by atoms with Crippen LogP contribution in [0.3, 0.4) is 0 Å². The van der Waals surface area contributed by atoms with Crippen molar-refractivity contribution in [2.45, 2.75) is 19.3 Å². The van der Waals surface area contributed by atoms with E-state index in [4.69, 9.17) is 21.7 Å². The molecule has 5 rings (SSSR count). The van der Waals surface area contributed by atoms with E-state index >= 15 is 0 Å². The van der Waals surface area contributed by atoms with E-state index in [-0.39, 0.29) is 0 Å². The van der Waals surface area contributed by atoms with Crippen LogP contribution < -0.4 is 5.32 Å². The van der Waals surface area contributed by atoms with E-state index < -0.39 is 0 Å². The Morgan fingerprint density at radius 1 is 1.14 bits per heavy atom. The van der Waals surface area contributed by atoms with E-state index in [0.717, 1.165) is 58.1 Å². The molecule has 8 heteroatoms. The van der Waals surface area contributed by atoms with Crippen molar-refractivity contribution in [3.63, 3.8) is 0 Å². The summed E-state index contributed by atoms with van der Waals surface area (Å²) in [5.41, 5.74) is 6.57. The van der Waals surface area contributed by atoms with Crippen LogP contribution in [0.5, 0.6) is 0 Å². The number of rotatable bonds is 4. The Labute approximate surface area is 173 Å². The summed E-state index contributed by atoms with van der Waals surface area (Å²) in [6, 6.07) is 9.85. The van der Waals surface area contributed by atoms with Gasteiger partial charge in [-0.15, -0.1) is 0 Å². The third-order valence-corrected chi connectivity index (χ3v) is 5.42. The van der Waals surface area contributed by atoms with Gasteiger partial charge in [0.05, 0.1) is 17.1 Å². The second kappa shape index (κ2) is 7.00. The molecule has 1 aliphatic carbocycles. The first kappa shape index (κ1) is 17.9. The molecule has 7 nitrogen and oxygen atoms in total. The molecule has 0 bridgehead atoms. The highest BCUT2D eigenvalue weighted by Crippen LogP contribution is 2.36. The molecule has 0 atom stereocenters. The number of hydrogen-bond acceptors (Lipinski definition) is 5. The van der Waals surface area contributed by atoms with Gasteiger partial charge in [-0.05, 0) is 36.1 Å². The minimum atomic E-state index is 0.535. The molecule has 29 heavy (non-hydrogen) atoms. The quantitative estimate of drug-likeness (QED) is 0.560. The van der Waals surface area contributed by atoms with Gasteiger partial charge in [0.1, 0.15) is 0 Å². The fourth-order valence-corrected chi connectivity index (χ4v) is 4.04. The van der Waals surface area contributed by atoms with E-state index in [0.29, 0.717) is 11.8 Å². The molecule has 0 saturated carbocycles. The number of fused-ring (bicyclic) bond motifs is 3. The summed E-state index contributed by atoms with van der Waals surface area (Å²) in [6.45, 7) is 0. The SMILES string of the molecule is Cn1ccc(Nc2ncc3c(n2)-c2c(nn(C)c2Cc2cccc(Cl)c2)CC3)n1. The van der Waals surface area contributed by atoms with E-state index in [1.54, 1.807) is 4.68 Å². The average Bonchev–Trinajstić information content (AvgIpc) is 3.24. The normalized spacial score (nSPS) is 12.5. The highest BCUT2D eigenvalue weighted by atomic mass is 35.5. The van der Waals surface area contributed by atoms with Crippen LogP contribution in [-0.4, -0.2) is 29.5 Å². The van der Waals surface area contributed by atoms with Crippen LogP contribution >= 0.6 is 11.6 Å². The van der Waals surface area contributed by atoms with Crippen LogP contribution in [0.1, 0.15) is 22.5 Å². The molecule has 0 radical (unpaired) electrons. The van der Waals surface area contributed by atoms with Crippen molar-refractivity contribution in [2.24, 2.45) is 14.1 Å². The van der Waals surface area contributed by atoms with Crippen LogP contribution in [0, 0.1) is 0 Å². The third-order valence-electron chi connectivity index (χ3n) is 5.19. The van der Waals surface area contributed by atoms with Gasteiger partial charge >= 0.3 is 0 Å². The topological polar surface area (TPSA) is 73.5 Å². The predicted octanol–water partition coefficient (Wildman–Crippen LogP) is 3.70. The molecule has 1 N–H and O–H groups in total. The van der Waals surface area contributed by atoms with Crippen LogP contribution in [0.25, 0.3) is 11.3 Å². The Morgan fingerprint density at radius 2 is 2.03 bits per heavy atom. The van der Waals surface area contributed by atoms with Crippen molar-refractivity contribution in [1.82, 2.24) is 29.5 Å². The van der Waals surface area contributed by atoms with Crippen LogP contribution in [0.2, 0.25) is 5.02 Å². The van der Waals surface area contributed by atoms with Crippen LogP contribution in [-0.2, 0) is 33.4 Å². The molecule has 0 fully saturated rings. The largest absolute Gasteiger partial charge is 0.307 e. The highest BCUT2D eigenvalue weighted by molar-refractivity contribution is 6.30. The number of nitrogens with zero attached hydrogens (tertiary/aromatic N) is 6. The average molecular weight is 406 g/mol. The molecule has 146 valence electrons. The van der Waals surface area contributed by atoms with Gasteiger partial charge in [0.25, 0.3) is 0 Å². The number of nitrogens with one attached hydrogen (secondary N) is 1. The first-order chi connectivity index (χ1) is 14.1. The number of aryl methyl sites for hydroxylation is 4. The van der Waals surface area contributed by atoms with E-state index in [9.17, 15) is 0 Å². The van der Waals surface area contributed by atoms with Gasteiger partial charge in [-0.25, -0.2) is 9.97 Å². The molecular weight excluding hydrogens is 386 g/mol. The van der Waals surface area contributed by atoms with Crippen molar-refractivity contribution in [2.75, 3.05) is 5.32 Å². The lowest BCUT2D eigenvalue weighted by Crippen LogP contribution is -2.09. The van der Waals surface area contributed by atoms with E-state index in [2.05, 4.69) is 21.5 Å². The molecule has 1 aliphatic rings. The zero-order valence-corrected chi connectivity index (χ0v) is 17.0. The van der Waals surface area contributed by atoms with Gasteiger partial charge in [0, 0.05) is 49.6 Å². The summed E-state index contributed by atoms with van der Waals surface area (Å²) in [6.07, 6.45) is 6.31. The Kier molecular flexibility index (Phi) is 4.32. The molecule has 0 amide bonds. The fraction of sp³-hybridized carbons (Fsp3) is 0.238. The van der Waals surface area contributed by atoms with Crippen LogP contribution in [0.15, 0.2) is 42.7 Å². The van der Waals surface area contributed by atoms with E-state index in [1.807, 2.05) is 55.4 Å². The number of aromatic nitrogens is 6. The number of benzene rings is 1. The summed E-state index contributed by atoms with van der Waals surface area (Å²) in [5, 5.41) is 13.0.